The maximum Gasteiger partial charge on any atom is 0.326 e. The molecule has 0 spiro atoms. The molecule has 0 unspecified atom stereocenters. The summed E-state index contributed by atoms with van der Waals surface area (Å²) in [6.07, 6.45) is 3.06. The fourth-order valence-corrected chi connectivity index (χ4v) is 3.71. The van der Waals surface area contributed by atoms with Crippen LogP contribution in [0.15, 0.2) is 66.9 Å². The van der Waals surface area contributed by atoms with Crippen LogP contribution in [0.3, 0.4) is 0 Å². The van der Waals surface area contributed by atoms with Crippen molar-refractivity contribution >= 4 is 35.1 Å². The summed E-state index contributed by atoms with van der Waals surface area (Å²) in [4.78, 5) is 40.5. The van der Waals surface area contributed by atoms with Crippen LogP contribution in [0, 0.1) is 5.82 Å². The molecular formula is C26H25ClFN3O4. The van der Waals surface area contributed by atoms with E-state index in [0.29, 0.717) is 24.9 Å². The minimum Gasteiger partial charge on any atom is -0.480 e. The number of carboxylic acid groups (broad SMARTS) is 1. The van der Waals surface area contributed by atoms with E-state index >= 15 is 0 Å². The predicted molar refractivity (Wildman–Crippen MR) is 131 cm³/mol. The summed E-state index contributed by atoms with van der Waals surface area (Å²) in [7, 11) is 0. The summed E-state index contributed by atoms with van der Waals surface area (Å²) in [5, 5.41) is 14.9. The monoisotopic (exact) mass is 497 g/mol. The molecule has 0 saturated heterocycles. The fraction of sp³-hybridized carbons (Fsp3) is 0.231. The lowest BCUT2D eigenvalue weighted by molar-refractivity contribution is -0.139. The predicted octanol–water partition coefficient (Wildman–Crippen LogP) is 4.30. The number of ketones is 1. The van der Waals surface area contributed by atoms with Gasteiger partial charge in [0.1, 0.15) is 23.5 Å². The van der Waals surface area contributed by atoms with Crippen LogP contribution in [0.1, 0.15) is 34.3 Å². The van der Waals surface area contributed by atoms with E-state index in [9.17, 15) is 23.9 Å². The molecule has 0 radical (unpaired) electrons. The van der Waals surface area contributed by atoms with Gasteiger partial charge in [-0.15, -0.1) is 0 Å². The van der Waals surface area contributed by atoms with Crippen molar-refractivity contribution in [3.63, 3.8) is 0 Å². The molecule has 0 saturated carbocycles. The number of amides is 1. The van der Waals surface area contributed by atoms with Gasteiger partial charge < -0.3 is 15.7 Å². The van der Waals surface area contributed by atoms with E-state index in [1.165, 1.54) is 12.1 Å². The van der Waals surface area contributed by atoms with Crippen molar-refractivity contribution in [3.05, 3.63) is 94.4 Å². The molecule has 1 aromatic heterocycles. The zero-order valence-electron chi connectivity index (χ0n) is 18.8. The molecule has 7 nitrogen and oxygen atoms in total. The Morgan fingerprint density at radius 2 is 1.74 bits per heavy atom. The molecule has 3 aromatic rings. The molecule has 35 heavy (non-hydrogen) atoms. The number of carboxylic acids is 1. The molecule has 182 valence electrons. The van der Waals surface area contributed by atoms with Crippen molar-refractivity contribution in [2.45, 2.75) is 31.7 Å². The van der Waals surface area contributed by atoms with E-state index in [1.54, 1.807) is 30.5 Å². The van der Waals surface area contributed by atoms with Crippen molar-refractivity contribution < 1.29 is 23.9 Å². The Morgan fingerprint density at radius 3 is 2.40 bits per heavy atom. The minimum absolute atomic E-state index is 0.0133. The van der Waals surface area contributed by atoms with Crippen molar-refractivity contribution in [2.75, 3.05) is 11.9 Å². The van der Waals surface area contributed by atoms with Crippen molar-refractivity contribution in [3.8, 4) is 0 Å². The highest BCUT2D eigenvalue weighted by molar-refractivity contribution is 6.33. The number of hydrogen-bond donors (Lipinski definition) is 3. The van der Waals surface area contributed by atoms with Crippen LogP contribution in [-0.4, -0.2) is 40.3 Å². The quantitative estimate of drug-likeness (QED) is 0.322. The van der Waals surface area contributed by atoms with Crippen LogP contribution < -0.4 is 10.6 Å². The van der Waals surface area contributed by atoms with Gasteiger partial charge in [0.15, 0.2) is 0 Å². The molecular weight excluding hydrogens is 473 g/mol. The second-order valence-electron chi connectivity index (χ2n) is 7.94. The van der Waals surface area contributed by atoms with Crippen LogP contribution in [-0.2, 0) is 22.4 Å². The first-order valence-electron chi connectivity index (χ1n) is 11.1. The van der Waals surface area contributed by atoms with Crippen molar-refractivity contribution in [1.82, 2.24) is 10.3 Å². The van der Waals surface area contributed by atoms with Gasteiger partial charge >= 0.3 is 5.97 Å². The van der Waals surface area contributed by atoms with E-state index in [4.69, 9.17) is 11.6 Å². The number of rotatable bonds is 12. The fourth-order valence-electron chi connectivity index (χ4n) is 3.46. The van der Waals surface area contributed by atoms with Gasteiger partial charge in [-0.2, -0.15) is 0 Å². The van der Waals surface area contributed by atoms with E-state index < -0.39 is 29.3 Å². The normalized spacial score (nSPS) is 11.5. The Bertz CT molecular complexity index is 1150. The first-order chi connectivity index (χ1) is 16.8. The lowest BCUT2D eigenvalue weighted by atomic mass is 10.0. The third-order valence-electron chi connectivity index (χ3n) is 5.26. The summed E-state index contributed by atoms with van der Waals surface area (Å²) >= 11 is 5.89. The molecule has 1 heterocycles. The number of nitrogens with zero attached hydrogens (tertiary/aromatic N) is 1. The van der Waals surface area contributed by atoms with E-state index in [-0.39, 0.29) is 23.6 Å². The number of nitrogens with one attached hydrogen (secondary N) is 2. The highest BCUT2D eigenvalue weighted by Gasteiger charge is 2.24. The van der Waals surface area contributed by atoms with Gasteiger partial charge in [-0.1, -0.05) is 48.0 Å². The molecule has 3 rings (SSSR count). The highest BCUT2D eigenvalue weighted by Crippen LogP contribution is 2.19. The number of pyridine rings is 1. The Hall–Kier alpha value is -3.78. The van der Waals surface area contributed by atoms with Crippen LogP contribution in [0.5, 0.6) is 0 Å². The summed E-state index contributed by atoms with van der Waals surface area (Å²) in [5.41, 5.74) is 1.06. The lowest BCUT2D eigenvalue weighted by Gasteiger charge is -2.16. The number of carbonyl (C=O) groups is 3. The number of carbonyl (C=O) groups excluding carboxylic acids is 2. The molecule has 9 heteroatoms. The molecule has 0 aliphatic heterocycles. The molecule has 1 amide bonds. The third-order valence-corrected chi connectivity index (χ3v) is 5.58. The maximum atomic E-state index is 14.0. The Morgan fingerprint density at radius 1 is 1.00 bits per heavy atom. The molecule has 0 aliphatic carbocycles. The van der Waals surface area contributed by atoms with Gasteiger partial charge in [-0.25, -0.2) is 14.2 Å². The van der Waals surface area contributed by atoms with E-state index in [2.05, 4.69) is 15.6 Å². The SMILES string of the molecule is O=C(CCCNc1ccccn1)Cc1ccc(C[C@H](NC(=O)c2c(F)cccc2Cl)C(=O)O)cc1. The standard InChI is InChI=1S/C26H25ClFN3O4/c27-20-6-3-7-21(28)24(20)25(33)31-22(26(34)35)16-18-11-9-17(10-12-18)15-19(32)5-4-14-30-23-8-1-2-13-29-23/h1-3,6-13,22H,4-5,14-16H2,(H,29,30)(H,31,33)(H,34,35)/t22-/m0/s1. The van der Waals surface area contributed by atoms with Gasteiger partial charge in [0.05, 0.1) is 10.6 Å². The van der Waals surface area contributed by atoms with Crippen molar-refractivity contribution in [2.24, 2.45) is 0 Å². The highest BCUT2D eigenvalue weighted by atomic mass is 35.5. The summed E-state index contributed by atoms with van der Waals surface area (Å²) in [5.74, 6) is -2.13. The lowest BCUT2D eigenvalue weighted by Crippen LogP contribution is -2.42. The second kappa shape index (κ2) is 12.6. The average molecular weight is 498 g/mol. The molecule has 0 aliphatic rings. The Labute approximate surface area is 207 Å². The number of anilines is 1. The van der Waals surface area contributed by atoms with Crippen LogP contribution in [0.2, 0.25) is 5.02 Å². The minimum atomic E-state index is -1.28. The number of Topliss-reactive ketones (excluding diaryl/α,β-unsaturated/α-hetero) is 1. The van der Waals surface area contributed by atoms with E-state index in [0.717, 1.165) is 17.4 Å². The van der Waals surface area contributed by atoms with Crippen LogP contribution >= 0.6 is 11.6 Å². The summed E-state index contributed by atoms with van der Waals surface area (Å²) in [6, 6.07) is 15.0. The first-order valence-corrected chi connectivity index (χ1v) is 11.4. The molecule has 1 atom stereocenters. The number of halogens is 2. The third kappa shape index (κ3) is 7.89. The van der Waals surface area contributed by atoms with Gasteiger partial charge in [0.2, 0.25) is 0 Å². The summed E-state index contributed by atoms with van der Waals surface area (Å²) < 4.78 is 14.0. The largest absolute Gasteiger partial charge is 0.480 e. The van der Waals surface area contributed by atoms with Crippen LogP contribution in [0.4, 0.5) is 10.2 Å². The van der Waals surface area contributed by atoms with Gasteiger partial charge in [0.25, 0.3) is 5.91 Å². The topological polar surface area (TPSA) is 108 Å². The van der Waals surface area contributed by atoms with Gasteiger partial charge in [-0.3, -0.25) is 9.59 Å². The van der Waals surface area contributed by atoms with Crippen molar-refractivity contribution in [1.29, 1.82) is 0 Å². The maximum absolute atomic E-state index is 14.0. The summed E-state index contributed by atoms with van der Waals surface area (Å²) in [6.45, 7) is 0.641. The van der Waals surface area contributed by atoms with E-state index in [1.807, 2.05) is 18.2 Å². The number of benzene rings is 2. The Balaban J connectivity index is 1.49. The van der Waals surface area contributed by atoms with Gasteiger partial charge in [0, 0.05) is 32.0 Å². The zero-order chi connectivity index (χ0) is 25.2. The Kier molecular flexibility index (Phi) is 9.31. The molecule has 3 N–H and O–H groups in total. The average Bonchev–Trinajstić information content (AvgIpc) is 2.83. The smallest absolute Gasteiger partial charge is 0.326 e. The molecule has 2 aromatic carbocycles. The number of aliphatic carboxylic acids is 1. The number of hydrogen-bond acceptors (Lipinski definition) is 5. The van der Waals surface area contributed by atoms with Gasteiger partial charge in [-0.05, 0) is 41.8 Å². The van der Waals surface area contributed by atoms with Crippen LogP contribution in [0.25, 0.3) is 0 Å². The zero-order valence-corrected chi connectivity index (χ0v) is 19.6. The number of aromatic nitrogens is 1. The molecule has 0 fully saturated rings. The second-order valence-corrected chi connectivity index (χ2v) is 8.35. The molecule has 0 bridgehead atoms. The first kappa shape index (κ1) is 25.8.